The van der Waals surface area contributed by atoms with E-state index < -0.39 is 10.0 Å². The number of amides is 1. The van der Waals surface area contributed by atoms with Gasteiger partial charge in [0, 0.05) is 19.1 Å². The van der Waals surface area contributed by atoms with Crippen molar-refractivity contribution in [3.63, 3.8) is 0 Å². The van der Waals surface area contributed by atoms with Gasteiger partial charge in [-0.15, -0.1) is 0 Å². The molecule has 1 fully saturated rings. The highest BCUT2D eigenvalue weighted by atomic mass is 32.2. The van der Waals surface area contributed by atoms with Crippen molar-refractivity contribution in [2.24, 2.45) is 5.41 Å². The summed E-state index contributed by atoms with van der Waals surface area (Å²) in [6.45, 7) is 6.37. The first-order chi connectivity index (χ1) is 11.3. The summed E-state index contributed by atoms with van der Waals surface area (Å²) in [6.07, 6.45) is 1.81. The Bertz CT molecular complexity index is 470. The second-order valence-electron chi connectivity index (χ2n) is 6.52. The van der Waals surface area contributed by atoms with Gasteiger partial charge in [0.2, 0.25) is 15.9 Å². The lowest BCUT2D eigenvalue weighted by Gasteiger charge is -2.37. The van der Waals surface area contributed by atoms with Crippen LogP contribution in [0.3, 0.4) is 0 Å². The van der Waals surface area contributed by atoms with Gasteiger partial charge in [0.25, 0.3) is 0 Å². The fourth-order valence-electron chi connectivity index (χ4n) is 2.63. The van der Waals surface area contributed by atoms with Crippen molar-refractivity contribution in [2.45, 2.75) is 32.8 Å². The van der Waals surface area contributed by atoms with Gasteiger partial charge in [-0.1, -0.05) is 0 Å². The zero-order valence-corrected chi connectivity index (χ0v) is 15.7. The second-order valence-corrected chi connectivity index (χ2v) is 8.45. The molecule has 0 atom stereocenters. The molecule has 1 aliphatic rings. The van der Waals surface area contributed by atoms with Gasteiger partial charge in [0.15, 0.2) is 0 Å². The smallest absolute Gasteiger partial charge is 0.235 e. The molecule has 0 spiro atoms. The molecule has 0 unspecified atom stereocenters. The highest BCUT2D eigenvalue weighted by Crippen LogP contribution is 2.28. The lowest BCUT2D eigenvalue weighted by Crippen LogP contribution is -2.49. The standard InChI is InChI=1S/C15H31N3O5S/c1-13(2)23-8-9-24(20,21)18-10-14(19)17-11-15(12-22-3)4-6-16-7-5-15/h13,16,18H,4-12H2,1-3H3,(H,17,19). The molecular weight excluding hydrogens is 334 g/mol. The van der Waals surface area contributed by atoms with Crippen LogP contribution in [0.25, 0.3) is 0 Å². The Labute approximate surface area is 145 Å². The van der Waals surface area contributed by atoms with Crippen molar-refractivity contribution in [3.05, 3.63) is 0 Å². The van der Waals surface area contributed by atoms with E-state index in [2.05, 4.69) is 15.4 Å². The van der Waals surface area contributed by atoms with Crippen LogP contribution in [0.2, 0.25) is 0 Å². The van der Waals surface area contributed by atoms with E-state index in [1.54, 1.807) is 7.11 Å². The summed E-state index contributed by atoms with van der Waals surface area (Å²) >= 11 is 0. The molecule has 0 aromatic rings. The minimum absolute atomic E-state index is 0.0227. The van der Waals surface area contributed by atoms with Gasteiger partial charge < -0.3 is 20.1 Å². The van der Waals surface area contributed by atoms with E-state index >= 15 is 0 Å². The molecule has 1 aliphatic heterocycles. The van der Waals surface area contributed by atoms with E-state index in [1.165, 1.54) is 0 Å². The number of rotatable bonds is 11. The Morgan fingerprint density at radius 1 is 1.29 bits per heavy atom. The summed E-state index contributed by atoms with van der Waals surface area (Å²) in [5.74, 6) is -0.491. The van der Waals surface area contributed by atoms with Crippen molar-refractivity contribution in [3.8, 4) is 0 Å². The van der Waals surface area contributed by atoms with Crippen LogP contribution in [0.4, 0.5) is 0 Å². The second kappa shape index (κ2) is 10.3. The zero-order chi connectivity index (χ0) is 18.1. The summed E-state index contributed by atoms with van der Waals surface area (Å²) < 4.78 is 36.4. The third-order valence-electron chi connectivity index (χ3n) is 4.03. The van der Waals surface area contributed by atoms with Crippen LogP contribution in [-0.2, 0) is 24.3 Å². The molecule has 9 heteroatoms. The van der Waals surface area contributed by atoms with Gasteiger partial charge in [-0.25, -0.2) is 13.1 Å². The highest BCUT2D eigenvalue weighted by Gasteiger charge is 2.32. The van der Waals surface area contributed by atoms with Crippen molar-refractivity contribution in [1.82, 2.24) is 15.4 Å². The topological polar surface area (TPSA) is 106 Å². The summed E-state index contributed by atoms with van der Waals surface area (Å²) in [7, 11) is -1.86. The van der Waals surface area contributed by atoms with E-state index in [1.807, 2.05) is 13.8 Å². The van der Waals surface area contributed by atoms with Gasteiger partial charge in [-0.05, 0) is 39.8 Å². The quantitative estimate of drug-likeness (QED) is 0.454. The number of hydrogen-bond acceptors (Lipinski definition) is 6. The molecule has 0 saturated carbocycles. The Balaban J connectivity index is 2.34. The zero-order valence-electron chi connectivity index (χ0n) is 14.9. The number of nitrogens with one attached hydrogen (secondary N) is 3. The number of carbonyl (C=O) groups excluding carboxylic acids is 1. The van der Waals surface area contributed by atoms with Crippen LogP contribution >= 0.6 is 0 Å². The third-order valence-corrected chi connectivity index (χ3v) is 5.32. The largest absolute Gasteiger partial charge is 0.384 e. The molecule has 0 aromatic heterocycles. The highest BCUT2D eigenvalue weighted by molar-refractivity contribution is 7.89. The Morgan fingerprint density at radius 2 is 1.96 bits per heavy atom. The van der Waals surface area contributed by atoms with Crippen LogP contribution in [0.1, 0.15) is 26.7 Å². The molecule has 3 N–H and O–H groups in total. The first kappa shape index (κ1) is 21.3. The predicted octanol–water partition coefficient (Wildman–Crippen LogP) is -0.537. The Hall–Kier alpha value is -0.740. The van der Waals surface area contributed by atoms with Gasteiger partial charge in [-0.3, -0.25) is 4.79 Å². The summed E-state index contributed by atoms with van der Waals surface area (Å²) in [4.78, 5) is 11.9. The predicted molar refractivity (Wildman–Crippen MR) is 92.3 cm³/mol. The molecule has 1 rings (SSSR count). The van der Waals surface area contributed by atoms with E-state index in [4.69, 9.17) is 9.47 Å². The lowest BCUT2D eigenvalue weighted by molar-refractivity contribution is -0.120. The molecule has 142 valence electrons. The molecule has 0 radical (unpaired) electrons. The van der Waals surface area contributed by atoms with Crippen molar-refractivity contribution in [1.29, 1.82) is 0 Å². The average molecular weight is 365 g/mol. The fourth-order valence-corrected chi connectivity index (χ4v) is 3.44. The first-order valence-corrected chi connectivity index (χ1v) is 9.99. The summed E-state index contributed by atoms with van der Waals surface area (Å²) in [6, 6.07) is 0. The molecule has 0 aromatic carbocycles. The van der Waals surface area contributed by atoms with Gasteiger partial charge >= 0.3 is 0 Å². The SMILES string of the molecule is COCC1(CNC(=O)CNS(=O)(=O)CCOC(C)C)CCNCC1. The first-order valence-electron chi connectivity index (χ1n) is 8.34. The number of methoxy groups -OCH3 is 1. The summed E-state index contributed by atoms with van der Waals surface area (Å²) in [5, 5.41) is 6.11. The van der Waals surface area contributed by atoms with Crippen LogP contribution in [-0.4, -0.2) is 72.7 Å². The lowest BCUT2D eigenvalue weighted by atomic mass is 9.79. The molecule has 1 saturated heterocycles. The van der Waals surface area contributed by atoms with Crippen LogP contribution in [0.15, 0.2) is 0 Å². The normalized spacial score (nSPS) is 17.8. The number of hydrogen-bond donors (Lipinski definition) is 3. The van der Waals surface area contributed by atoms with Crippen molar-refractivity contribution >= 4 is 15.9 Å². The number of ether oxygens (including phenoxy) is 2. The Morgan fingerprint density at radius 3 is 2.54 bits per heavy atom. The van der Waals surface area contributed by atoms with Crippen LogP contribution in [0.5, 0.6) is 0 Å². The fraction of sp³-hybridized carbons (Fsp3) is 0.933. The molecule has 24 heavy (non-hydrogen) atoms. The Kier molecular flexibility index (Phi) is 9.14. The summed E-state index contributed by atoms with van der Waals surface area (Å²) in [5.41, 5.74) is -0.0837. The third kappa shape index (κ3) is 8.39. The van der Waals surface area contributed by atoms with E-state index in [9.17, 15) is 13.2 Å². The molecule has 8 nitrogen and oxygen atoms in total. The van der Waals surface area contributed by atoms with Crippen LogP contribution < -0.4 is 15.4 Å². The van der Waals surface area contributed by atoms with Crippen molar-refractivity contribution < 1.29 is 22.7 Å². The molecule has 0 aliphatic carbocycles. The maximum Gasteiger partial charge on any atom is 0.235 e. The van der Waals surface area contributed by atoms with Gasteiger partial charge in [0.1, 0.15) is 0 Å². The number of sulfonamides is 1. The molecule has 0 bridgehead atoms. The van der Waals surface area contributed by atoms with Gasteiger partial charge in [0.05, 0.1) is 31.6 Å². The number of carbonyl (C=O) groups is 1. The minimum atomic E-state index is -3.51. The van der Waals surface area contributed by atoms with Gasteiger partial charge in [-0.2, -0.15) is 0 Å². The van der Waals surface area contributed by atoms with Crippen molar-refractivity contribution in [2.75, 3.05) is 52.3 Å². The maximum atomic E-state index is 11.9. The molecule has 1 heterocycles. The van der Waals surface area contributed by atoms with E-state index in [0.717, 1.165) is 25.9 Å². The molecular formula is C15H31N3O5S. The van der Waals surface area contributed by atoms with E-state index in [-0.39, 0.29) is 36.3 Å². The average Bonchev–Trinajstić information content (AvgIpc) is 2.52. The number of piperidine rings is 1. The minimum Gasteiger partial charge on any atom is -0.384 e. The molecule has 1 amide bonds. The van der Waals surface area contributed by atoms with Crippen LogP contribution in [0, 0.1) is 5.41 Å². The maximum absolute atomic E-state index is 11.9. The van der Waals surface area contributed by atoms with E-state index in [0.29, 0.717) is 13.2 Å². The monoisotopic (exact) mass is 365 g/mol.